The Morgan fingerprint density at radius 3 is 2.63 bits per heavy atom. The molecule has 0 unspecified atom stereocenters. The van der Waals surface area contributed by atoms with Gasteiger partial charge in [-0.3, -0.25) is 0 Å². The van der Waals surface area contributed by atoms with Crippen molar-refractivity contribution >= 4 is 11.5 Å². The molecule has 2 rings (SSSR count). The summed E-state index contributed by atoms with van der Waals surface area (Å²) in [5, 5.41) is 0. The second kappa shape index (κ2) is 6.19. The van der Waals surface area contributed by atoms with E-state index in [0.29, 0.717) is 5.56 Å². The van der Waals surface area contributed by atoms with Crippen LogP contribution in [-0.2, 0) is 9.53 Å². The first-order valence-electron chi connectivity index (χ1n) is 6.36. The minimum atomic E-state index is -0.712. The summed E-state index contributed by atoms with van der Waals surface area (Å²) in [5.74, 6) is 4.16. The standard InChI is InChI=1S/C16H15FO2/c1-2-19-16(18)15(13-6-4-3-5-7-13)14(17)11-10-12-8-9-12/h3-7,12H,2,8-9H2,1H3/b15-14+. The molecule has 1 aromatic carbocycles. The summed E-state index contributed by atoms with van der Waals surface area (Å²) in [7, 11) is 0. The topological polar surface area (TPSA) is 26.3 Å². The zero-order valence-electron chi connectivity index (χ0n) is 10.8. The van der Waals surface area contributed by atoms with Crippen LogP contribution in [0.3, 0.4) is 0 Å². The van der Waals surface area contributed by atoms with Crippen LogP contribution in [0.1, 0.15) is 25.3 Å². The molecule has 1 aliphatic rings. The predicted octanol–water partition coefficient (Wildman–Crippen LogP) is 3.34. The average molecular weight is 258 g/mol. The Balaban J connectivity index is 2.36. The molecule has 0 atom stereocenters. The molecular weight excluding hydrogens is 243 g/mol. The number of hydrogen-bond acceptors (Lipinski definition) is 2. The third kappa shape index (κ3) is 3.69. The summed E-state index contributed by atoms with van der Waals surface area (Å²) < 4.78 is 19.0. The number of esters is 1. The summed E-state index contributed by atoms with van der Waals surface area (Å²) in [6, 6.07) is 8.64. The summed E-state index contributed by atoms with van der Waals surface area (Å²) in [6.45, 7) is 1.90. The average Bonchev–Trinajstić information content (AvgIpc) is 3.22. The molecule has 0 saturated heterocycles. The van der Waals surface area contributed by atoms with Gasteiger partial charge in [-0.15, -0.1) is 0 Å². The Hall–Kier alpha value is -2.08. The summed E-state index contributed by atoms with van der Waals surface area (Å²) in [4.78, 5) is 11.9. The predicted molar refractivity (Wildman–Crippen MR) is 71.6 cm³/mol. The van der Waals surface area contributed by atoms with E-state index in [1.54, 1.807) is 37.3 Å². The zero-order chi connectivity index (χ0) is 13.7. The van der Waals surface area contributed by atoms with Crippen molar-refractivity contribution in [3.05, 3.63) is 41.7 Å². The van der Waals surface area contributed by atoms with Crippen LogP contribution in [0.25, 0.3) is 5.57 Å². The molecule has 1 aliphatic carbocycles. The SMILES string of the molecule is CCOC(=O)/C(=C(/F)C#CC1CC1)c1ccccc1. The maximum Gasteiger partial charge on any atom is 0.342 e. The quantitative estimate of drug-likeness (QED) is 0.472. The van der Waals surface area contributed by atoms with Crippen LogP contribution in [0.4, 0.5) is 4.39 Å². The lowest BCUT2D eigenvalue weighted by atomic mass is 10.1. The van der Waals surface area contributed by atoms with Crippen LogP contribution in [0.2, 0.25) is 0 Å². The van der Waals surface area contributed by atoms with Gasteiger partial charge in [-0.05, 0) is 31.2 Å². The van der Waals surface area contributed by atoms with E-state index in [1.165, 1.54) is 0 Å². The number of hydrogen-bond donors (Lipinski definition) is 0. The summed E-state index contributed by atoms with van der Waals surface area (Å²) in [6.07, 6.45) is 2.03. The monoisotopic (exact) mass is 258 g/mol. The van der Waals surface area contributed by atoms with Gasteiger partial charge in [0.05, 0.1) is 6.61 Å². The van der Waals surface area contributed by atoms with E-state index in [1.807, 2.05) is 0 Å². The molecule has 0 aromatic heterocycles. The van der Waals surface area contributed by atoms with Crippen LogP contribution in [0.15, 0.2) is 36.2 Å². The second-order valence-corrected chi connectivity index (χ2v) is 4.32. The molecule has 98 valence electrons. The van der Waals surface area contributed by atoms with Crippen molar-refractivity contribution in [1.82, 2.24) is 0 Å². The normalized spacial score (nSPS) is 15.1. The van der Waals surface area contributed by atoms with Gasteiger partial charge in [0.25, 0.3) is 0 Å². The molecule has 0 radical (unpaired) electrons. The number of benzene rings is 1. The zero-order valence-corrected chi connectivity index (χ0v) is 10.8. The Morgan fingerprint density at radius 2 is 2.05 bits per heavy atom. The van der Waals surface area contributed by atoms with Gasteiger partial charge in [0.2, 0.25) is 0 Å². The fourth-order valence-corrected chi connectivity index (χ4v) is 1.60. The number of carbonyl (C=O) groups is 1. The molecule has 2 nitrogen and oxygen atoms in total. The highest BCUT2D eigenvalue weighted by Gasteiger charge is 2.20. The minimum Gasteiger partial charge on any atom is -0.462 e. The lowest BCUT2D eigenvalue weighted by molar-refractivity contribution is -0.136. The van der Waals surface area contributed by atoms with Crippen molar-refractivity contribution in [2.45, 2.75) is 19.8 Å². The molecule has 0 bridgehead atoms. The van der Waals surface area contributed by atoms with Gasteiger partial charge in [0.15, 0.2) is 5.83 Å². The first-order valence-corrected chi connectivity index (χ1v) is 6.36. The van der Waals surface area contributed by atoms with E-state index in [4.69, 9.17) is 4.74 Å². The van der Waals surface area contributed by atoms with Crippen LogP contribution < -0.4 is 0 Å². The molecule has 0 heterocycles. The molecule has 0 aliphatic heterocycles. The highest BCUT2D eigenvalue weighted by Crippen LogP contribution is 2.28. The molecule has 19 heavy (non-hydrogen) atoms. The van der Waals surface area contributed by atoms with Crippen molar-refractivity contribution < 1.29 is 13.9 Å². The number of ether oxygens (including phenoxy) is 1. The second-order valence-electron chi connectivity index (χ2n) is 4.32. The smallest absolute Gasteiger partial charge is 0.342 e. The number of halogens is 1. The Kier molecular flexibility index (Phi) is 4.35. The summed E-state index contributed by atoms with van der Waals surface area (Å²) >= 11 is 0. The van der Waals surface area contributed by atoms with Crippen molar-refractivity contribution in [2.24, 2.45) is 5.92 Å². The molecule has 1 saturated carbocycles. The van der Waals surface area contributed by atoms with Gasteiger partial charge < -0.3 is 4.74 Å². The van der Waals surface area contributed by atoms with E-state index in [-0.39, 0.29) is 18.1 Å². The van der Waals surface area contributed by atoms with Crippen LogP contribution in [0.5, 0.6) is 0 Å². The highest BCUT2D eigenvalue weighted by molar-refractivity contribution is 6.17. The van der Waals surface area contributed by atoms with Gasteiger partial charge in [-0.2, -0.15) is 4.39 Å². The lowest BCUT2D eigenvalue weighted by Gasteiger charge is -2.06. The molecule has 0 N–H and O–H groups in total. The first-order chi connectivity index (χ1) is 9.22. The molecule has 3 heteroatoms. The van der Waals surface area contributed by atoms with Gasteiger partial charge in [-0.1, -0.05) is 36.3 Å². The summed E-state index contributed by atoms with van der Waals surface area (Å²) in [5.41, 5.74) is 0.402. The van der Waals surface area contributed by atoms with Crippen molar-refractivity contribution in [3.8, 4) is 11.8 Å². The minimum absolute atomic E-state index is 0.0874. The molecule has 0 amide bonds. The van der Waals surface area contributed by atoms with Gasteiger partial charge in [0.1, 0.15) is 5.57 Å². The Morgan fingerprint density at radius 1 is 1.37 bits per heavy atom. The lowest BCUT2D eigenvalue weighted by Crippen LogP contribution is -2.08. The fourth-order valence-electron chi connectivity index (χ4n) is 1.60. The number of rotatable bonds is 3. The number of carbonyl (C=O) groups excluding carboxylic acids is 1. The van der Waals surface area contributed by atoms with E-state index < -0.39 is 11.8 Å². The third-order valence-electron chi connectivity index (χ3n) is 2.72. The van der Waals surface area contributed by atoms with E-state index in [2.05, 4.69) is 11.8 Å². The fraction of sp³-hybridized carbons (Fsp3) is 0.312. The Labute approximate surface area is 112 Å². The van der Waals surface area contributed by atoms with Crippen LogP contribution >= 0.6 is 0 Å². The largest absolute Gasteiger partial charge is 0.462 e. The van der Waals surface area contributed by atoms with E-state index in [9.17, 15) is 9.18 Å². The Bertz CT molecular complexity index is 545. The van der Waals surface area contributed by atoms with Crippen LogP contribution in [0, 0.1) is 17.8 Å². The van der Waals surface area contributed by atoms with Crippen molar-refractivity contribution in [3.63, 3.8) is 0 Å². The van der Waals surface area contributed by atoms with Gasteiger partial charge >= 0.3 is 5.97 Å². The van der Waals surface area contributed by atoms with Gasteiger partial charge in [-0.25, -0.2) is 4.79 Å². The van der Waals surface area contributed by atoms with Crippen molar-refractivity contribution in [1.29, 1.82) is 0 Å². The first kappa shape index (κ1) is 13.4. The van der Waals surface area contributed by atoms with E-state index >= 15 is 0 Å². The molecular formula is C16H15FO2. The molecule has 0 spiro atoms. The highest BCUT2D eigenvalue weighted by atomic mass is 19.1. The van der Waals surface area contributed by atoms with Crippen LogP contribution in [-0.4, -0.2) is 12.6 Å². The molecule has 1 fully saturated rings. The maximum absolute atomic E-state index is 14.1. The third-order valence-corrected chi connectivity index (χ3v) is 2.72. The van der Waals surface area contributed by atoms with E-state index in [0.717, 1.165) is 12.8 Å². The maximum atomic E-state index is 14.1. The molecule has 1 aromatic rings. The van der Waals surface area contributed by atoms with Crippen molar-refractivity contribution in [2.75, 3.05) is 6.61 Å². The van der Waals surface area contributed by atoms with Gasteiger partial charge in [0, 0.05) is 5.92 Å². The number of allylic oxidation sites excluding steroid dienone is 1.